The van der Waals surface area contributed by atoms with Gasteiger partial charge in [0.2, 0.25) is 0 Å². The van der Waals surface area contributed by atoms with E-state index in [1.807, 2.05) is 0 Å². The number of sulfonamides is 1. The zero-order chi connectivity index (χ0) is 20.3. The van der Waals surface area contributed by atoms with Crippen molar-refractivity contribution in [3.8, 4) is 0 Å². The second kappa shape index (κ2) is 8.28. The molecule has 0 spiro atoms. The molecule has 1 amide bonds. The highest BCUT2D eigenvalue weighted by Crippen LogP contribution is 2.21. The van der Waals surface area contributed by atoms with Crippen LogP contribution in [0.3, 0.4) is 0 Å². The van der Waals surface area contributed by atoms with E-state index in [4.69, 9.17) is 0 Å². The number of piperazine rings is 1. The summed E-state index contributed by atoms with van der Waals surface area (Å²) in [7, 11) is -3.89. The van der Waals surface area contributed by atoms with Crippen molar-refractivity contribution in [1.29, 1.82) is 0 Å². The van der Waals surface area contributed by atoms with Crippen molar-refractivity contribution < 1.29 is 17.6 Å². The monoisotopic (exact) mass is 405 g/mol. The molecule has 1 fully saturated rings. The lowest BCUT2D eigenvalue weighted by molar-refractivity contribution is 0.0642. The van der Waals surface area contributed by atoms with Gasteiger partial charge in [-0.2, -0.15) is 0 Å². The van der Waals surface area contributed by atoms with Gasteiger partial charge in [-0.25, -0.2) is 12.8 Å². The molecule has 2 aromatic rings. The van der Waals surface area contributed by atoms with Crippen LogP contribution in [0.25, 0.3) is 0 Å². The number of aryl methyl sites for hydroxylation is 1. The minimum absolute atomic E-state index is 0.00188. The molecule has 0 unspecified atom stereocenters. The topological polar surface area (TPSA) is 69.7 Å². The van der Waals surface area contributed by atoms with Crippen molar-refractivity contribution in [3.05, 3.63) is 59.4 Å². The molecule has 0 aliphatic carbocycles. The fourth-order valence-electron chi connectivity index (χ4n) is 3.17. The second-order valence-corrected chi connectivity index (χ2v) is 8.50. The van der Waals surface area contributed by atoms with Gasteiger partial charge in [0.05, 0.1) is 4.90 Å². The average molecular weight is 405 g/mol. The lowest BCUT2D eigenvalue weighted by Crippen LogP contribution is -2.48. The van der Waals surface area contributed by atoms with Gasteiger partial charge < -0.3 is 9.80 Å². The van der Waals surface area contributed by atoms with Gasteiger partial charge in [-0.3, -0.25) is 9.52 Å². The van der Waals surface area contributed by atoms with Gasteiger partial charge in [-0.1, -0.05) is 13.0 Å². The van der Waals surface area contributed by atoms with E-state index >= 15 is 0 Å². The van der Waals surface area contributed by atoms with E-state index in [-0.39, 0.29) is 16.5 Å². The number of hydrogen-bond donors (Lipinski definition) is 1. The predicted molar refractivity (Wildman–Crippen MR) is 106 cm³/mol. The van der Waals surface area contributed by atoms with E-state index in [0.29, 0.717) is 18.7 Å². The normalized spacial score (nSPS) is 15.5. The molecule has 0 atom stereocenters. The molecule has 1 heterocycles. The number of halogens is 1. The molecule has 0 saturated carbocycles. The number of nitrogens with zero attached hydrogens (tertiary/aromatic N) is 2. The zero-order valence-electron chi connectivity index (χ0n) is 16.0. The Hall–Kier alpha value is -2.45. The third-order valence-corrected chi connectivity index (χ3v) is 6.33. The van der Waals surface area contributed by atoms with Crippen LogP contribution < -0.4 is 4.72 Å². The van der Waals surface area contributed by atoms with Crippen LogP contribution in [0.15, 0.2) is 47.4 Å². The predicted octanol–water partition coefficient (Wildman–Crippen LogP) is 2.71. The number of likely N-dealkylation sites (N-methyl/N-ethyl adjacent to an activating group) is 1. The van der Waals surface area contributed by atoms with Crippen LogP contribution in [-0.4, -0.2) is 56.8 Å². The summed E-state index contributed by atoms with van der Waals surface area (Å²) in [6, 6.07) is 9.56. The molecular formula is C20H24FN3O3S. The van der Waals surface area contributed by atoms with Gasteiger partial charge in [0, 0.05) is 37.4 Å². The summed E-state index contributed by atoms with van der Waals surface area (Å²) in [4.78, 5) is 17.0. The maximum Gasteiger partial charge on any atom is 0.261 e. The lowest BCUT2D eigenvalue weighted by atomic mass is 10.1. The number of benzene rings is 2. The minimum atomic E-state index is -3.89. The Morgan fingerprint density at radius 3 is 2.32 bits per heavy atom. The lowest BCUT2D eigenvalue weighted by Gasteiger charge is -2.34. The number of carbonyl (C=O) groups is 1. The van der Waals surface area contributed by atoms with Gasteiger partial charge >= 0.3 is 0 Å². The Kier molecular flexibility index (Phi) is 6.00. The largest absolute Gasteiger partial charge is 0.336 e. The van der Waals surface area contributed by atoms with Crippen LogP contribution in [0.2, 0.25) is 0 Å². The molecule has 150 valence electrons. The Morgan fingerprint density at radius 2 is 1.71 bits per heavy atom. The smallest absolute Gasteiger partial charge is 0.261 e. The molecule has 1 aliphatic rings. The van der Waals surface area contributed by atoms with Gasteiger partial charge in [0.15, 0.2) is 0 Å². The van der Waals surface area contributed by atoms with E-state index in [1.165, 1.54) is 36.4 Å². The van der Waals surface area contributed by atoms with Crippen molar-refractivity contribution in [2.45, 2.75) is 18.7 Å². The van der Waals surface area contributed by atoms with E-state index in [1.54, 1.807) is 17.9 Å². The Bertz CT molecular complexity index is 953. The average Bonchev–Trinajstić information content (AvgIpc) is 2.69. The van der Waals surface area contributed by atoms with Crippen molar-refractivity contribution >= 4 is 21.6 Å². The van der Waals surface area contributed by atoms with E-state index in [2.05, 4.69) is 16.5 Å². The summed E-state index contributed by atoms with van der Waals surface area (Å²) >= 11 is 0. The Labute approximate surface area is 165 Å². The molecule has 6 nitrogen and oxygen atoms in total. The van der Waals surface area contributed by atoms with E-state index < -0.39 is 15.8 Å². The van der Waals surface area contributed by atoms with Gasteiger partial charge in [0.1, 0.15) is 5.82 Å². The molecule has 0 aromatic heterocycles. The van der Waals surface area contributed by atoms with Crippen molar-refractivity contribution in [2.24, 2.45) is 0 Å². The summed E-state index contributed by atoms with van der Waals surface area (Å²) in [5, 5.41) is 0. The van der Waals surface area contributed by atoms with Crippen LogP contribution >= 0.6 is 0 Å². The standard InChI is InChI=1S/C20H24FN3O3S/c1-3-23-10-12-24(13-11-23)20(25)19-14-18(9-4-15(19)2)28(26,27)22-17-7-5-16(21)6-8-17/h4-9,14,22H,3,10-13H2,1-2H3. The first-order valence-corrected chi connectivity index (χ1v) is 10.7. The highest BCUT2D eigenvalue weighted by molar-refractivity contribution is 7.92. The quantitative estimate of drug-likeness (QED) is 0.831. The third kappa shape index (κ3) is 4.51. The summed E-state index contributed by atoms with van der Waals surface area (Å²) < 4.78 is 40.8. The van der Waals surface area contributed by atoms with Crippen LogP contribution in [-0.2, 0) is 10.0 Å². The van der Waals surface area contributed by atoms with Crippen LogP contribution in [0.4, 0.5) is 10.1 Å². The number of hydrogen-bond acceptors (Lipinski definition) is 4. The first-order chi connectivity index (χ1) is 13.3. The van der Waals surface area contributed by atoms with Crippen molar-refractivity contribution in [3.63, 3.8) is 0 Å². The maximum atomic E-state index is 13.0. The van der Waals surface area contributed by atoms with Crippen LogP contribution in [0.5, 0.6) is 0 Å². The van der Waals surface area contributed by atoms with E-state index in [0.717, 1.165) is 25.2 Å². The van der Waals surface area contributed by atoms with Gasteiger partial charge in [-0.05, 0) is 55.4 Å². The van der Waals surface area contributed by atoms with Crippen molar-refractivity contribution in [1.82, 2.24) is 9.80 Å². The maximum absolute atomic E-state index is 13.0. The first kappa shape index (κ1) is 20.3. The molecular weight excluding hydrogens is 381 g/mol. The number of rotatable bonds is 5. The van der Waals surface area contributed by atoms with Crippen LogP contribution in [0.1, 0.15) is 22.8 Å². The van der Waals surface area contributed by atoms with Crippen molar-refractivity contribution in [2.75, 3.05) is 37.4 Å². The molecule has 3 rings (SSSR count). The Morgan fingerprint density at radius 1 is 1.07 bits per heavy atom. The number of amides is 1. The van der Waals surface area contributed by atoms with Gasteiger partial charge in [0.25, 0.3) is 15.9 Å². The fourth-order valence-corrected chi connectivity index (χ4v) is 4.25. The summed E-state index contributed by atoms with van der Waals surface area (Å²) in [6.07, 6.45) is 0. The number of anilines is 1. The molecule has 28 heavy (non-hydrogen) atoms. The molecule has 1 N–H and O–H groups in total. The Balaban J connectivity index is 1.82. The molecule has 1 saturated heterocycles. The summed E-state index contributed by atoms with van der Waals surface area (Å²) in [5.41, 5.74) is 1.36. The first-order valence-electron chi connectivity index (χ1n) is 9.21. The zero-order valence-corrected chi connectivity index (χ0v) is 16.8. The molecule has 1 aliphatic heterocycles. The molecule has 0 bridgehead atoms. The minimum Gasteiger partial charge on any atom is -0.336 e. The summed E-state index contributed by atoms with van der Waals surface area (Å²) in [6.45, 7) is 7.69. The third-order valence-electron chi connectivity index (χ3n) is 4.95. The van der Waals surface area contributed by atoms with Crippen LogP contribution in [0, 0.1) is 12.7 Å². The van der Waals surface area contributed by atoms with Gasteiger partial charge in [-0.15, -0.1) is 0 Å². The second-order valence-electron chi connectivity index (χ2n) is 6.82. The molecule has 0 radical (unpaired) electrons. The number of carbonyl (C=O) groups excluding carboxylic acids is 1. The van der Waals surface area contributed by atoms with E-state index in [9.17, 15) is 17.6 Å². The number of nitrogens with one attached hydrogen (secondary N) is 1. The highest BCUT2D eigenvalue weighted by atomic mass is 32.2. The molecule has 8 heteroatoms. The fraction of sp³-hybridized carbons (Fsp3) is 0.350. The molecule has 2 aromatic carbocycles. The highest BCUT2D eigenvalue weighted by Gasteiger charge is 2.24. The summed E-state index contributed by atoms with van der Waals surface area (Å²) in [5.74, 6) is -0.610. The SMILES string of the molecule is CCN1CCN(C(=O)c2cc(S(=O)(=O)Nc3ccc(F)cc3)ccc2C)CC1.